The van der Waals surface area contributed by atoms with Crippen LogP contribution >= 0.6 is 0 Å². The van der Waals surface area contributed by atoms with Crippen molar-refractivity contribution in [3.8, 4) is 11.5 Å². The number of ether oxygens (including phenoxy) is 1. The zero-order valence-corrected chi connectivity index (χ0v) is 14.5. The highest BCUT2D eigenvalue weighted by molar-refractivity contribution is 5.79. The Morgan fingerprint density at radius 3 is 2.88 bits per heavy atom. The standard InChI is InChI=1S/C16H24N6O2/c1-5-17-16(21(2)10-15-19-11-20-22(15)3)18-9-12-8-13(24-4)6-7-14(12)23/h6-8,11,23H,5,9-10H2,1-4H3,(H,17,18). The summed E-state index contributed by atoms with van der Waals surface area (Å²) in [5, 5.41) is 17.3. The van der Waals surface area contributed by atoms with Crippen molar-refractivity contribution in [3.63, 3.8) is 0 Å². The molecular weight excluding hydrogens is 308 g/mol. The van der Waals surface area contributed by atoms with Crippen molar-refractivity contribution in [2.24, 2.45) is 12.0 Å². The molecule has 0 aliphatic heterocycles. The Bertz CT molecular complexity index is 698. The van der Waals surface area contributed by atoms with Gasteiger partial charge in [-0.05, 0) is 25.1 Å². The number of aryl methyl sites for hydroxylation is 1. The van der Waals surface area contributed by atoms with Gasteiger partial charge in [0, 0.05) is 26.2 Å². The van der Waals surface area contributed by atoms with Gasteiger partial charge in [0.2, 0.25) is 0 Å². The maximum Gasteiger partial charge on any atom is 0.194 e. The van der Waals surface area contributed by atoms with E-state index in [2.05, 4.69) is 20.4 Å². The average molecular weight is 332 g/mol. The average Bonchev–Trinajstić information content (AvgIpc) is 2.97. The number of aromatic hydroxyl groups is 1. The molecule has 0 saturated carbocycles. The lowest BCUT2D eigenvalue weighted by molar-refractivity contribution is 0.410. The minimum Gasteiger partial charge on any atom is -0.508 e. The molecule has 1 aromatic heterocycles. The number of hydrogen-bond donors (Lipinski definition) is 2. The van der Waals surface area contributed by atoms with Gasteiger partial charge in [-0.25, -0.2) is 9.98 Å². The molecule has 2 aromatic rings. The van der Waals surface area contributed by atoms with Crippen LogP contribution in [0, 0.1) is 0 Å². The number of phenols is 1. The number of rotatable bonds is 6. The third-order valence-electron chi connectivity index (χ3n) is 3.57. The molecule has 130 valence electrons. The first kappa shape index (κ1) is 17.6. The van der Waals surface area contributed by atoms with E-state index >= 15 is 0 Å². The molecule has 8 nitrogen and oxygen atoms in total. The van der Waals surface area contributed by atoms with Crippen LogP contribution in [0.2, 0.25) is 0 Å². The van der Waals surface area contributed by atoms with Crippen molar-refractivity contribution in [3.05, 3.63) is 35.9 Å². The first-order valence-corrected chi connectivity index (χ1v) is 7.73. The molecule has 0 atom stereocenters. The summed E-state index contributed by atoms with van der Waals surface area (Å²) < 4.78 is 6.92. The lowest BCUT2D eigenvalue weighted by Gasteiger charge is -2.21. The van der Waals surface area contributed by atoms with Crippen LogP contribution < -0.4 is 10.1 Å². The molecule has 0 aliphatic carbocycles. The zero-order chi connectivity index (χ0) is 17.5. The summed E-state index contributed by atoms with van der Waals surface area (Å²) in [7, 11) is 5.38. The van der Waals surface area contributed by atoms with E-state index in [1.54, 1.807) is 30.0 Å². The van der Waals surface area contributed by atoms with Crippen LogP contribution in [0.15, 0.2) is 29.5 Å². The fourth-order valence-electron chi connectivity index (χ4n) is 2.20. The van der Waals surface area contributed by atoms with Gasteiger partial charge in [-0.2, -0.15) is 5.10 Å². The van der Waals surface area contributed by atoms with E-state index in [1.165, 1.54) is 6.33 Å². The molecule has 1 aromatic carbocycles. The van der Waals surface area contributed by atoms with E-state index in [-0.39, 0.29) is 5.75 Å². The number of nitrogens with one attached hydrogen (secondary N) is 1. The van der Waals surface area contributed by atoms with Crippen LogP contribution in [-0.2, 0) is 20.1 Å². The van der Waals surface area contributed by atoms with Crippen LogP contribution in [0.3, 0.4) is 0 Å². The number of aromatic nitrogens is 3. The lowest BCUT2D eigenvalue weighted by Crippen LogP contribution is -2.39. The van der Waals surface area contributed by atoms with Crippen molar-refractivity contribution >= 4 is 5.96 Å². The predicted octanol–water partition coefficient (Wildman–Crippen LogP) is 1.13. The molecule has 0 radical (unpaired) electrons. The number of methoxy groups -OCH3 is 1. The molecule has 8 heteroatoms. The van der Waals surface area contributed by atoms with Crippen LogP contribution in [0.4, 0.5) is 0 Å². The van der Waals surface area contributed by atoms with Gasteiger partial charge in [-0.3, -0.25) is 4.68 Å². The molecule has 2 N–H and O–H groups in total. The van der Waals surface area contributed by atoms with E-state index in [1.807, 2.05) is 25.9 Å². The Balaban J connectivity index is 2.14. The van der Waals surface area contributed by atoms with E-state index in [0.29, 0.717) is 24.4 Å². The van der Waals surface area contributed by atoms with Gasteiger partial charge in [0.1, 0.15) is 23.7 Å². The molecule has 24 heavy (non-hydrogen) atoms. The van der Waals surface area contributed by atoms with Crippen LogP contribution in [-0.4, -0.2) is 51.4 Å². The number of aliphatic imine (C=N–C) groups is 1. The Morgan fingerprint density at radius 2 is 2.25 bits per heavy atom. The summed E-state index contributed by atoms with van der Waals surface area (Å²) in [6.07, 6.45) is 1.53. The second-order valence-corrected chi connectivity index (χ2v) is 5.32. The molecule has 0 fully saturated rings. The molecule has 0 spiro atoms. The number of phenolic OH excluding ortho intramolecular Hbond substituents is 1. The molecule has 0 saturated heterocycles. The molecule has 1 heterocycles. The first-order valence-electron chi connectivity index (χ1n) is 7.73. The summed E-state index contributed by atoms with van der Waals surface area (Å²) >= 11 is 0. The van der Waals surface area contributed by atoms with Gasteiger partial charge in [0.25, 0.3) is 0 Å². The molecule has 0 aliphatic rings. The summed E-state index contributed by atoms with van der Waals surface area (Å²) in [4.78, 5) is 10.8. The minimum atomic E-state index is 0.200. The molecule has 2 rings (SSSR count). The van der Waals surface area contributed by atoms with Crippen molar-refractivity contribution in [1.82, 2.24) is 25.0 Å². The fraction of sp³-hybridized carbons (Fsp3) is 0.438. The second-order valence-electron chi connectivity index (χ2n) is 5.32. The summed E-state index contributed by atoms with van der Waals surface area (Å²) in [5.41, 5.74) is 0.705. The number of hydrogen-bond acceptors (Lipinski definition) is 5. The Labute approximate surface area is 141 Å². The maximum absolute atomic E-state index is 9.98. The highest BCUT2D eigenvalue weighted by atomic mass is 16.5. The van der Waals surface area contributed by atoms with Gasteiger partial charge in [-0.1, -0.05) is 0 Å². The Hall–Kier alpha value is -2.77. The number of nitrogens with zero attached hydrogens (tertiary/aromatic N) is 5. The van der Waals surface area contributed by atoms with Crippen molar-refractivity contribution in [2.75, 3.05) is 20.7 Å². The summed E-state index contributed by atoms with van der Waals surface area (Å²) in [6, 6.07) is 5.11. The SMILES string of the molecule is CCNC(=NCc1cc(OC)ccc1O)N(C)Cc1ncnn1C. The van der Waals surface area contributed by atoms with Gasteiger partial charge < -0.3 is 20.1 Å². The van der Waals surface area contributed by atoms with E-state index in [0.717, 1.165) is 18.3 Å². The quantitative estimate of drug-likeness (QED) is 0.609. The normalized spacial score (nSPS) is 11.4. The third-order valence-corrected chi connectivity index (χ3v) is 3.57. The molecule has 0 amide bonds. The highest BCUT2D eigenvalue weighted by Crippen LogP contribution is 2.23. The molecular formula is C16H24N6O2. The van der Waals surface area contributed by atoms with Gasteiger partial charge in [-0.15, -0.1) is 0 Å². The van der Waals surface area contributed by atoms with E-state index < -0.39 is 0 Å². The predicted molar refractivity (Wildman–Crippen MR) is 91.9 cm³/mol. The second kappa shape index (κ2) is 8.19. The van der Waals surface area contributed by atoms with Crippen molar-refractivity contribution < 1.29 is 9.84 Å². The monoisotopic (exact) mass is 332 g/mol. The third kappa shape index (κ3) is 4.37. The van der Waals surface area contributed by atoms with Gasteiger partial charge in [0.05, 0.1) is 20.2 Å². The number of guanidine groups is 1. The summed E-state index contributed by atoms with van der Waals surface area (Å²) in [6.45, 7) is 3.67. The van der Waals surface area contributed by atoms with Gasteiger partial charge in [0.15, 0.2) is 5.96 Å². The smallest absolute Gasteiger partial charge is 0.194 e. The fourth-order valence-corrected chi connectivity index (χ4v) is 2.20. The topological polar surface area (TPSA) is 87.8 Å². The van der Waals surface area contributed by atoms with Crippen LogP contribution in [0.25, 0.3) is 0 Å². The van der Waals surface area contributed by atoms with E-state index in [4.69, 9.17) is 4.74 Å². The Morgan fingerprint density at radius 1 is 1.46 bits per heavy atom. The van der Waals surface area contributed by atoms with Gasteiger partial charge >= 0.3 is 0 Å². The lowest BCUT2D eigenvalue weighted by atomic mass is 10.2. The minimum absolute atomic E-state index is 0.200. The molecule has 0 bridgehead atoms. The van der Waals surface area contributed by atoms with E-state index in [9.17, 15) is 5.11 Å². The number of benzene rings is 1. The first-order chi connectivity index (χ1) is 11.5. The van der Waals surface area contributed by atoms with Crippen molar-refractivity contribution in [1.29, 1.82) is 0 Å². The van der Waals surface area contributed by atoms with Crippen LogP contribution in [0.1, 0.15) is 18.3 Å². The molecule has 0 unspecified atom stereocenters. The maximum atomic E-state index is 9.98. The zero-order valence-electron chi connectivity index (χ0n) is 14.5. The Kier molecular flexibility index (Phi) is 6.00. The highest BCUT2D eigenvalue weighted by Gasteiger charge is 2.10. The summed E-state index contributed by atoms with van der Waals surface area (Å²) in [5.74, 6) is 2.46. The largest absolute Gasteiger partial charge is 0.508 e. The van der Waals surface area contributed by atoms with Crippen LogP contribution in [0.5, 0.6) is 11.5 Å². The van der Waals surface area contributed by atoms with Crippen molar-refractivity contribution in [2.45, 2.75) is 20.0 Å².